The Morgan fingerprint density at radius 3 is 2.71 bits per heavy atom. The Kier molecular flexibility index (Phi) is 4.02. The van der Waals surface area contributed by atoms with Gasteiger partial charge in [-0.05, 0) is 18.6 Å². The Morgan fingerprint density at radius 2 is 2.14 bits per heavy atom. The maximum absolute atomic E-state index is 12.1. The summed E-state index contributed by atoms with van der Waals surface area (Å²) in [7, 11) is -3.67. The number of aromatic carboxylic acids is 1. The average molecular weight is 312 g/mol. The fourth-order valence-electron chi connectivity index (χ4n) is 2.63. The number of para-hydroxylation sites is 1. The van der Waals surface area contributed by atoms with Crippen molar-refractivity contribution >= 4 is 27.6 Å². The van der Waals surface area contributed by atoms with E-state index < -0.39 is 21.9 Å². The van der Waals surface area contributed by atoms with Crippen molar-refractivity contribution in [2.75, 3.05) is 17.2 Å². The number of rotatable bonds is 4. The number of sulfonamides is 1. The standard InChI is InChI=1S/C13H16N2O5S/c1-8-3-2-4-10(13(17)18)12(8)15-6-9(5-11(15)16)7-21(14,19)20/h2-4,9H,5-7H2,1H3,(H,17,18)(H2,14,19,20). The van der Waals surface area contributed by atoms with E-state index in [1.165, 1.54) is 11.0 Å². The van der Waals surface area contributed by atoms with Crippen LogP contribution in [0, 0.1) is 12.8 Å². The van der Waals surface area contributed by atoms with Crippen LogP contribution in [0.15, 0.2) is 18.2 Å². The van der Waals surface area contributed by atoms with Gasteiger partial charge >= 0.3 is 5.97 Å². The first-order valence-electron chi connectivity index (χ1n) is 6.33. The van der Waals surface area contributed by atoms with Gasteiger partial charge in [0.15, 0.2) is 0 Å². The first kappa shape index (κ1) is 15.5. The van der Waals surface area contributed by atoms with Gasteiger partial charge in [0, 0.05) is 18.9 Å². The van der Waals surface area contributed by atoms with Crippen molar-refractivity contribution in [1.29, 1.82) is 0 Å². The molecule has 1 heterocycles. The molecule has 1 aliphatic rings. The molecule has 3 N–H and O–H groups in total. The number of nitrogens with two attached hydrogens (primary N) is 1. The van der Waals surface area contributed by atoms with Gasteiger partial charge in [-0.15, -0.1) is 0 Å². The molecule has 8 heteroatoms. The molecule has 1 fully saturated rings. The highest BCUT2D eigenvalue weighted by Gasteiger charge is 2.35. The zero-order valence-electron chi connectivity index (χ0n) is 11.4. The molecule has 1 atom stereocenters. The third-order valence-corrected chi connectivity index (χ3v) is 4.35. The van der Waals surface area contributed by atoms with Gasteiger partial charge in [0.2, 0.25) is 15.9 Å². The quantitative estimate of drug-likeness (QED) is 0.831. The number of anilines is 1. The molecule has 0 spiro atoms. The lowest BCUT2D eigenvalue weighted by Crippen LogP contribution is -2.29. The molecule has 7 nitrogen and oxygen atoms in total. The number of hydrogen-bond donors (Lipinski definition) is 2. The first-order valence-corrected chi connectivity index (χ1v) is 8.04. The van der Waals surface area contributed by atoms with Crippen LogP contribution in [0.1, 0.15) is 22.3 Å². The van der Waals surface area contributed by atoms with Crippen molar-refractivity contribution in [2.24, 2.45) is 11.1 Å². The summed E-state index contributed by atoms with van der Waals surface area (Å²) in [5, 5.41) is 14.2. The molecular weight excluding hydrogens is 296 g/mol. The van der Waals surface area contributed by atoms with Crippen LogP contribution in [0.2, 0.25) is 0 Å². The number of nitrogens with zero attached hydrogens (tertiary/aromatic N) is 1. The molecule has 114 valence electrons. The van der Waals surface area contributed by atoms with Gasteiger partial charge in [-0.2, -0.15) is 0 Å². The molecule has 0 aromatic heterocycles. The van der Waals surface area contributed by atoms with Crippen molar-refractivity contribution < 1.29 is 23.1 Å². The van der Waals surface area contributed by atoms with Gasteiger partial charge in [0.25, 0.3) is 0 Å². The van der Waals surface area contributed by atoms with Crippen LogP contribution >= 0.6 is 0 Å². The number of carbonyl (C=O) groups excluding carboxylic acids is 1. The van der Waals surface area contributed by atoms with E-state index in [0.717, 1.165) is 0 Å². The topological polar surface area (TPSA) is 118 Å². The zero-order chi connectivity index (χ0) is 15.8. The summed E-state index contributed by atoms with van der Waals surface area (Å²) in [6.45, 7) is 1.86. The summed E-state index contributed by atoms with van der Waals surface area (Å²) in [5.74, 6) is -2.13. The largest absolute Gasteiger partial charge is 0.478 e. The van der Waals surface area contributed by atoms with Crippen LogP contribution in [0.4, 0.5) is 5.69 Å². The molecule has 2 rings (SSSR count). The van der Waals surface area contributed by atoms with Gasteiger partial charge in [0.1, 0.15) is 0 Å². The summed E-state index contributed by atoms with van der Waals surface area (Å²) in [5.41, 5.74) is 1.01. The maximum Gasteiger partial charge on any atom is 0.337 e. The average Bonchev–Trinajstić information content (AvgIpc) is 2.66. The SMILES string of the molecule is Cc1cccc(C(=O)O)c1N1CC(CS(N)(=O)=O)CC1=O. The van der Waals surface area contributed by atoms with Crippen molar-refractivity contribution in [2.45, 2.75) is 13.3 Å². The fourth-order valence-corrected chi connectivity index (χ4v) is 3.51. The molecule has 0 saturated carbocycles. The monoisotopic (exact) mass is 312 g/mol. The Morgan fingerprint density at radius 1 is 1.48 bits per heavy atom. The van der Waals surface area contributed by atoms with Gasteiger partial charge in [0.05, 0.1) is 17.0 Å². The van der Waals surface area contributed by atoms with E-state index in [-0.39, 0.29) is 30.2 Å². The van der Waals surface area contributed by atoms with Gasteiger partial charge in [-0.1, -0.05) is 12.1 Å². The minimum absolute atomic E-state index is 0.0274. The summed E-state index contributed by atoms with van der Waals surface area (Å²) < 4.78 is 22.3. The molecule has 0 radical (unpaired) electrons. The number of benzene rings is 1. The Balaban J connectivity index is 2.36. The number of carboxylic acid groups (broad SMARTS) is 1. The van der Waals surface area contributed by atoms with E-state index in [2.05, 4.69) is 0 Å². The predicted molar refractivity (Wildman–Crippen MR) is 76.6 cm³/mol. The second kappa shape index (κ2) is 5.45. The highest BCUT2D eigenvalue weighted by molar-refractivity contribution is 7.89. The third-order valence-electron chi connectivity index (χ3n) is 3.41. The molecule has 1 aromatic carbocycles. The molecule has 1 aliphatic heterocycles. The van der Waals surface area contributed by atoms with Gasteiger partial charge in [-0.25, -0.2) is 18.4 Å². The van der Waals surface area contributed by atoms with Gasteiger partial charge in [-0.3, -0.25) is 4.79 Å². The van der Waals surface area contributed by atoms with Crippen LogP contribution < -0.4 is 10.0 Å². The molecule has 1 aromatic rings. The number of carboxylic acids is 1. The second-order valence-electron chi connectivity index (χ2n) is 5.18. The van der Waals surface area contributed by atoms with E-state index in [4.69, 9.17) is 5.14 Å². The molecular formula is C13H16N2O5S. The lowest BCUT2D eigenvalue weighted by molar-refractivity contribution is -0.117. The minimum Gasteiger partial charge on any atom is -0.478 e. The molecule has 1 saturated heterocycles. The highest BCUT2D eigenvalue weighted by atomic mass is 32.2. The van der Waals surface area contributed by atoms with E-state index in [1.807, 2.05) is 0 Å². The lowest BCUT2D eigenvalue weighted by Gasteiger charge is -2.21. The van der Waals surface area contributed by atoms with Crippen LogP contribution in [-0.4, -0.2) is 37.7 Å². The van der Waals surface area contributed by atoms with Crippen molar-refractivity contribution in [3.8, 4) is 0 Å². The molecule has 1 amide bonds. The number of amides is 1. The van der Waals surface area contributed by atoms with E-state index in [9.17, 15) is 23.1 Å². The van der Waals surface area contributed by atoms with Crippen LogP contribution in [0.25, 0.3) is 0 Å². The molecule has 0 bridgehead atoms. The van der Waals surface area contributed by atoms with E-state index >= 15 is 0 Å². The normalized spacial score (nSPS) is 19.0. The van der Waals surface area contributed by atoms with Crippen molar-refractivity contribution in [3.63, 3.8) is 0 Å². The van der Waals surface area contributed by atoms with Crippen LogP contribution in [0.3, 0.4) is 0 Å². The Bertz CT molecular complexity index is 699. The van der Waals surface area contributed by atoms with Crippen molar-refractivity contribution in [3.05, 3.63) is 29.3 Å². The third kappa shape index (κ3) is 3.40. The van der Waals surface area contributed by atoms with Crippen molar-refractivity contribution in [1.82, 2.24) is 0 Å². The predicted octanol–water partition coefficient (Wildman–Crippen LogP) is 0.335. The van der Waals surface area contributed by atoms with E-state index in [1.54, 1.807) is 19.1 Å². The number of aryl methyl sites for hydroxylation is 1. The number of carbonyl (C=O) groups is 2. The summed E-state index contributed by atoms with van der Waals surface area (Å²) in [6.07, 6.45) is 0.0455. The summed E-state index contributed by atoms with van der Waals surface area (Å²) >= 11 is 0. The zero-order valence-corrected chi connectivity index (χ0v) is 12.3. The minimum atomic E-state index is -3.67. The van der Waals surface area contributed by atoms with E-state index in [0.29, 0.717) is 11.3 Å². The Hall–Kier alpha value is -1.93. The molecule has 1 unspecified atom stereocenters. The van der Waals surface area contributed by atoms with Crippen LogP contribution in [0.5, 0.6) is 0 Å². The summed E-state index contributed by atoms with van der Waals surface area (Å²) in [4.78, 5) is 24.7. The molecule has 0 aliphatic carbocycles. The number of primary sulfonamides is 1. The molecule has 21 heavy (non-hydrogen) atoms. The fraction of sp³-hybridized carbons (Fsp3) is 0.385. The van der Waals surface area contributed by atoms with Gasteiger partial charge < -0.3 is 10.0 Å². The van der Waals surface area contributed by atoms with Crippen LogP contribution in [-0.2, 0) is 14.8 Å². The second-order valence-corrected chi connectivity index (χ2v) is 6.84. The maximum atomic E-state index is 12.1. The first-order chi connectivity index (χ1) is 9.69. The smallest absolute Gasteiger partial charge is 0.337 e. The Labute approximate surface area is 122 Å². The number of hydrogen-bond acceptors (Lipinski definition) is 4. The highest BCUT2D eigenvalue weighted by Crippen LogP contribution is 2.31. The lowest BCUT2D eigenvalue weighted by atomic mass is 10.1. The summed E-state index contributed by atoms with van der Waals surface area (Å²) in [6, 6.07) is 4.73.